The highest BCUT2D eigenvalue weighted by atomic mass is 32.1. The third-order valence-corrected chi connectivity index (χ3v) is 4.92. The number of hydrogen-bond acceptors (Lipinski definition) is 3. The summed E-state index contributed by atoms with van der Waals surface area (Å²) in [4.78, 5) is 12.0. The van der Waals surface area contributed by atoms with Gasteiger partial charge in [0.2, 0.25) is 5.91 Å². The summed E-state index contributed by atoms with van der Waals surface area (Å²) in [6.07, 6.45) is 5.84. The van der Waals surface area contributed by atoms with E-state index in [1.165, 1.54) is 19.3 Å². The maximum absolute atomic E-state index is 12.0. The molecule has 0 unspecified atom stereocenters. The van der Waals surface area contributed by atoms with E-state index in [1.54, 1.807) is 0 Å². The lowest BCUT2D eigenvalue weighted by molar-refractivity contribution is -0.122. The third kappa shape index (κ3) is 2.59. The molecule has 2 saturated carbocycles. The Labute approximate surface area is 117 Å². The van der Waals surface area contributed by atoms with Gasteiger partial charge in [-0.15, -0.1) is 0 Å². The molecule has 0 saturated heterocycles. The van der Waals surface area contributed by atoms with Gasteiger partial charge in [-0.25, -0.2) is 0 Å². The molecular weight excluding hydrogens is 260 g/mol. The molecule has 2 fully saturated rings. The summed E-state index contributed by atoms with van der Waals surface area (Å²) in [6.45, 7) is 0.639. The van der Waals surface area contributed by atoms with Crippen molar-refractivity contribution in [2.75, 3.05) is 6.54 Å². The van der Waals surface area contributed by atoms with Gasteiger partial charge in [0, 0.05) is 25.9 Å². The van der Waals surface area contributed by atoms with E-state index in [2.05, 4.69) is 15.5 Å². The molecule has 1 aromatic heterocycles. The van der Waals surface area contributed by atoms with Crippen LogP contribution in [0.3, 0.4) is 0 Å². The fourth-order valence-electron chi connectivity index (χ4n) is 2.94. The standard InChI is InChI=1S/C13H20N4OS/c1-17-11(15-16-13(17)19)5-6-14-12(18)10-7-9(10)8-3-2-4-8/h8-10H,2-7H2,1H3,(H,14,18)(H,16,19)/t9-,10+/m1/s1. The second-order valence-electron chi connectivity index (χ2n) is 5.74. The minimum atomic E-state index is 0.230. The first-order valence-electron chi connectivity index (χ1n) is 7.05. The molecular formula is C13H20N4OS. The van der Waals surface area contributed by atoms with E-state index in [9.17, 15) is 4.79 Å². The van der Waals surface area contributed by atoms with Crippen molar-refractivity contribution < 1.29 is 4.79 Å². The van der Waals surface area contributed by atoms with Crippen LogP contribution >= 0.6 is 12.2 Å². The maximum Gasteiger partial charge on any atom is 0.223 e. The Morgan fingerprint density at radius 1 is 1.58 bits per heavy atom. The highest BCUT2D eigenvalue weighted by molar-refractivity contribution is 7.71. The number of nitrogens with zero attached hydrogens (tertiary/aromatic N) is 2. The van der Waals surface area contributed by atoms with Crippen LogP contribution in [0.5, 0.6) is 0 Å². The molecule has 2 atom stereocenters. The minimum absolute atomic E-state index is 0.230. The smallest absolute Gasteiger partial charge is 0.223 e. The van der Waals surface area contributed by atoms with Gasteiger partial charge in [-0.3, -0.25) is 9.89 Å². The maximum atomic E-state index is 12.0. The van der Waals surface area contributed by atoms with Gasteiger partial charge in [0.1, 0.15) is 5.82 Å². The van der Waals surface area contributed by atoms with Crippen molar-refractivity contribution in [1.82, 2.24) is 20.1 Å². The summed E-state index contributed by atoms with van der Waals surface area (Å²) in [5.74, 6) is 2.91. The van der Waals surface area contributed by atoms with Crippen LogP contribution in [0.15, 0.2) is 0 Å². The first kappa shape index (κ1) is 12.8. The van der Waals surface area contributed by atoms with Crippen molar-refractivity contribution in [2.45, 2.75) is 32.1 Å². The Morgan fingerprint density at radius 3 is 2.95 bits per heavy atom. The average molecular weight is 280 g/mol. The Morgan fingerprint density at radius 2 is 2.37 bits per heavy atom. The van der Waals surface area contributed by atoms with Crippen LogP contribution in [0, 0.1) is 22.5 Å². The Kier molecular flexibility index (Phi) is 3.43. The van der Waals surface area contributed by atoms with Crippen molar-refractivity contribution in [3.05, 3.63) is 10.6 Å². The Balaban J connectivity index is 1.42. The fourth-order valence-corrected chi connectivity index (χ4v) is 3.09. The molecule has 0 bridgehead atoms. The number of carbonyl (C=O) groups excluding carboxylic acids is 1. The highest BCUT2D eigenvalue weighted by Crippen LogP contribution is 2.51. The summed E-state index contributed by atoms with van der Waals surface area (Å²) in [5.41, 5.74) is 0. The number of aromatic nitrogens is 3. The number of hydrogen-bond donors (Lipinski definition) is 2. The molecule has 1 aromatic rings. The zero-order valence-electron chi connectivity index (χ0n) is 11.2. The zero-order valence-corrected chi connectivity index (χ0v) is 12.0. The van der Waals surface area contributed by atoms with Gasteiger partial charge < -0.3 is 9.88 Å². The van der Waals surface area contributed by atoms with E-state index >= 15 is 0 Å². The van der Waals surface area contributed by atoms with Crippen molar-refractivity contribution >= 4 is 18.1 Å². The van der Waals surface area contributed by atoms with Gasteiger partial charge in [0.15, 0.2) is 4.77 Å². The number of rotatable bonds is 5. The van der Waals surface area contributed by atoms with E-state index in [4.69, 9.17) is 12.2 Å². The SMILES string of the molecule is Cn1c(CCNC(=O)[C@H]2C[C@@H]2C2CCC2)n[nH]c1=S. The molecule has 0 radical (unpaired) electrons. The van der Waals surface area contributed by atoms with Crippen LogP contribution in [0.1, 0.15) is 31.5 Å². The molecule has 2 N–H and O–H groups in total. The van der Waals surface area contributed by atoms with Crippen molar-refractivity contribution in [2.24, 2.45) is 24.8 Å². The summed E-state index contributed by atoms with van der Waals surface area (Å²) < 4.78 is 2.46. The zero-order chi connectivity index (χ0) is 13.4. The van der Waals surface area contributed by atoms with E-state index in [-0.39, 0.29) is 11.8 Å². The molecule has 5 nitrogen and oxygen atoms in total. The predicted octanol–water partition coefficient (Wildman–Crippen LogP) is 1.57. The molecule has 2 aliphatic carbocycles. The molecule has 1 amide bonds. The molecule has 19 heavy (non-hydrogen) atoms. The van der Waals surface area contributed by atoms with E-state index in [0.717, 1.165) is 24.6 Å². The summed E-state index contributed by atoms with van der Waals surface area (Å²) in [7, 11) is 1.89. The third-order valence-electron chi connectivity index (χ3n) is 4.55. The van der Waals surface area contributed by atoms with Gasteiger partial charge in [-0.05, 0) is 30.5 Å². The monoisotopic (exact) mass is 280 g/mol. The first-order chi connectivity index (χ1) is 9.16. The van der Waals surface area contributed by atoms with Crippen LogP contribution in [-0.4, -0.2) is 27.2 Å². The second-order valence-corrected chi connectivity index (χ2v) is 6.13. The quantitative estimate of drug-likeness (QED) is 0.805. The van der Waals surface area contributed by atoms with Crippen molar-refractivity contribution in [3.8, 4) is 0 Å². The first-order valence-corrected chi connectivity index (χ1v) is 7.45. The number of nitrogens with one attached hydrogen (secondary N) is 2. The normalized spacial score (nSPS) is 25.9. The molecule has 2 aliphatic rings. The summed E-state index contributed by atoms with van der Waals surface area (Å²) >= 11 is 5.05. The molecule has 6 heteroatoms. The fraction of sp³-hybridized carbons (Fsp3) is 0.769. The Hall–Kier alpha value is -1.17. The molecule has 0 aromatic carbocycles. The molecule has 0 aliphatic heterocycles. The van der Waals surface area contributed by atoms with Gasteiger partial charge in [-0.1, -0.05) is 19.3 Å². The summed E-state index contributed by atoms with van der Waals surface area (Å²) in [5, 5.41) is 9.91. The van der Waals surface area contributed by atoms with E-state index in [0.29, 0.717) is 17.2 Å². The van der Waals surface area contributed by atoms with Crippen LogP contribution < -0.4 is 5.32 Å². The number of carbonyl (C=O) groups is 1. The molecule has 104 valence electrons. The van der Waals surface area contributed by atoms with Crippen LogP contribution in [0.4, 0.5) is 0 Å². The molecule has 3 rings (SSSR count). The van der Waals surface area contributed by atoms with Gasteiger partial charge in [-0.2, -0.15) is 5.10 Å². The van der Waals surface area contributed by atoms with Crippen LogP contribution in [0.2, 0.25) is 0 Å². The molecule has 1 heterocycles. The van der Waals surface area contributed by atoms with Gasteiger partial charge >= 0.3 is 0 Å². The van der Waals surface area contributed by atoms with Crippen molar-refractivity contribution in [3.63, 3.8) is 0 Å². The van der Waals surface area contributed by atoms with E-state index in [1.807, 2.05) is 11.6 Å². The lowest BCUT2D eigenvalue weighted by Crippen LogP contribution is -2.29. The second kappa shape index (κ2) is 5.07. The largest absolute Gasteiger partial charge is 0.355 e. The Bertz CT molecular complexity index is 531. The lowest BCUT2D eigenvalue weighted by atomic mass is 9.81. The van der Waals surface area contributed by atoms with Crippen LogP contribution in [-0.2, 0) is 18.3 Å². The van der Waals surface area contributed by atoms with Crippen LogP contribution in [0.25, 0.3) is 0 Å². The topological polar surface area (TPSA) is 62.7 Å². The lowest BCUT2D eigenvalue weighted by Gasteiger charge is -2.25. The summed E-state index contributed by atoms with van der Waals surface area (Å²) in [6, 6.07) is 0. The minimum Gasteiger partial charge on any atom is -0.355 e. The van der Waals surface area contributed by atoms with Gasteiger partial charge in [0.25, 0.3) is 0 Å². The highest BCUT2D eigenvalue weighted by Gasteiger charge is 2.48. The number of aromatic amines is 1. The van der Waals surface area contributed by atoms with Gasteiger partial charge in [0.05, 0.1) is 0 Å². The number of amides is 1. The predicted molar refractivity (Wildman–Crippen MR) is 74.0 cm³/mol. The van der Waals surface area contributed by atoms with Crippen molar-refractivity contribution in [1.29, 1.82) is 0 Å². The van der Waals surface area contributed by atoms with E-state index < -0.39 is 0 Å². The molecule has 0 spiro atoms. The number of H-pyrrole nitrogens is 1. The average Bonchev–Trinajstić information content (AvgIpc) is 3.03.